The number of hydrogen-bond donors (Lipinski definition) is 1. The zero-order valence-corrected chi connectivity index (χ0v) is 10.0. The maximum absolute atomic E-state index is 5.42. The molecule has 1 heterocycles. The largest absolute Gasteiger partial charge is 0.338 e. The molecule has 0 saturated carbocycles. The van der Waals surface area contributed by atoms with Gasteiger partial charge >= 0.3 is 0 Å². The van der Waals surface area contributed by atoms with E-state index < -0.39 is 0 Å². The molecule has 1 aromatic heterocycles. The second-order valence-corrected chi connectivity index (χ2v) is 4.01. The van der Waals surface area contributed by atoms with Crippen molar-refractivity contribution in [1.82, 2.24) is 9.55 Å². The normalized spacial score (nSPS) is 11.2. The summed E-state index contributed by atoms with van der Waals surface area (Å²) >= 11 is 0. The topological polar surface area (TPSA) is 43.8 Å². The van der Waals surface area contributed by atoms with E-state index in [1.807, 2.05) is 36.2 Å². The smallest absolute Gasteiger partial charge is 0.112 e. The van der Waals surface area contributed by atoms with Gasteiger partial charge in [-0.2, -0.15) is 0 Å². The van der Waals surface area contributed by atoms with Crippen LogP contribution in [0.1, 0.15) is 17.0 Å². The fraction of sp³-hybridized carbons (Fsp3) is 0.214. The molecule has 2 N–H and O–H groups in total. The highest BCUT2D eigenvalue weighted by atomic mass is 15.0. The van der Waals surface area contributed by atoms with Gasteiger partial charge in [0.15, 0.2) is 0 Å². The summed E-state index contributed by atoms with van der Waals surface area (Å²) in [5, 5.41) is 0. The van der Waals surface area contributed by atoms with Crippen molar-refractivity contribution in [2.45, 2.75) is 6.42 Å². The molecule has 2 rings (SSSR count). The first-order valence-corrected chi connectivity index (χ1v) is 5.71. The minimum atomic E-state index is 0.578. The van der Waals surface area contributed by atoms with Crippen molar-refractivity contribution in [3.63, 3.8) is 0 Å². The van der Waals surface area contributed by atoms with Crippen molar-refractivity contribution in [3.8, 4) is 0 Å². The van der Waals surface area contributed by atoms with E-state index in [1.54, 1.807) is 0 Å². The van der Waals surface area contributed by atoms with Crippen LogP contribution in [0.4, 0.5) is 0 Å². The van der Waals surface area contributed by atoms with Crippen LogP contribution in [0.25, 0.3) is 6.08 Å². The third-order valence-electron chi connectivity index (χ3n) is 2.71. The molecule has 3 heteroatoms. The van der Waals surface area contributed by atoms with Crippen molar-refractivity contribution in [1.29, 1.82) is 0 Å². The molecule has 0 spiro atoms. The van der Waals surface area contributed by atoms with Crippen molar-refractivity contribution in [2.24, 2.45) is 12.8 Å². The first kappa shape index (κ1) is 11.6. The molecule has 0 fully saturated rings. The van der Waals surface area contributed by atoms with Gasteiger partial charge in [0, 0.05) is 32.4 Å². The van der Waals surface area contributed by atoms with Crippen LogP contribution in [-0.2, 0) is 13.5 Å². The molecule has 0 radical (unpaired) electrons. The van der Waals surface area contributed by atoms with E-state index in [2.05, 4.69) is 29.2 Å². The van der Waals surface area contributed by atoms with Crippen LogP contribution in [-0.4, -0.2) is 16.1 Å². The quantitative estimate of drug-likeness (QED) is 0.868. The van der Waals surface area contributed by atoms with E-state index in [9.17, 15) is 0 Å². The Morgan fingerprint density at radius 3 is 2.65 bits per heavy atom. The molecule has 1 aromatic carbocycles. The molecule has 0 unspecified atom stereocenters. The number of aryl methyl sites for hydroxylation is 1. The molecule has 17 heavy (non-hydrogen) atoms. The molecule has 0 amide bonds. The van der Waals surface area contributed by atoms with Gasteiger partial charge in [-0.25, -0.2) is 4.98 Å². The highest BCUT2D eigenvalue weighted by Crippen LogP contribution is 2.10. The zero-order valence-electron chi connectivity index (χ0n) is 10.0. The number of aromatic nitrogens is 2. The van der Waals surface area contributed by atoms with Crippen LogP contribution in [0.3, 0.4) is 0 Å². The first-order chi connectivity index (χ1) is 8.29. The highest BCUT2D eigenvalue weighted by molar-refractivity contribution is 5.49. The Labute approximate surface area is 102 Å². The van der Waals surface area contributed by atoms with Crippen molar-refractivity contribution in [3.05, 3.63) is 59.7 Å². The molecule has 2 aromatic rings. The van der Waals surface area contributed by atoms with Crippen LogP contribution in [0.5, 0.6) is 0 Å². The minimum Gasteiger partial charge on any atom is -0.338 e. The summed E-state index contributed by atoms with van der Waals surface area (Å²) in [6.07, 6.45) is 8.64. The van der Waals surface area contributed by atoms with E-state index in [0.717, 1.165) is 12.2 Å². The van der Waals surface area contributed by atoms with Gasteiger partial charge in [-0.05, 0) is 11.1 Å². The molecule has 3 nitrogen and oxygen atoms in total. The number of imidazole rings is 1. The van der Waals surface area contributed by atoms with E-state index in [4.69, 9.17) is 5.73 Å². The predicted molar refractivity (Wildman–Crippen MR) is 70.5 cm³/mol. The third-order valence-corrected chi connectivity index (χ3v) is 2.71. The summed E-state index contributed by atoms with van der Waals surface area (Å²) in [4.78, 5) is 4.32. The molecular formula is C14H17N3. The molecule has 0 aliphatic heterocycles. The van der Waals surface area contributed by atoms with Crippen LogP contribution in [0, 0.1) is 0 Å². The number of rotatable bonds is 4. The average Bonchev–Trinajstić information content (AvgIpc) is 2.74. The summed E-state index contributed by atoms with van der Waals surface area (Å²) in [6, 6.07) is 8.46. The maximum atomic E-state index is 5.42. The van der Waals surface area contributed by atoms with Gasteiger partial charge in [0.2, 0.25) is 0 Å². The second-order valence-electron chi connectivity index (χ2n) is 4.01. The zero-order chi connectivity index (χ0) is 12.1. The summed E-state index contributed by atoms with van der Waals surface area (Å²) in [5.74, 6) is 1.08. The average molecular weight is 227 g/mol. The summed E-state index contributed by atoms with van der Waals surface area (Å²) < 4.78 is 2.04. The Morgan fingerprint density at radius 1 is 1.29 bits per heavy atom. The lowest BCUT2D eigenvalue weighted by Gasteiger charge is -2.02. The van der Waals surface area contributed by atoms with Gasteiger partial charge in [-0.3, -0.25) is 0 Å². The summed E-state index contributed by atoms with van der Waals surface area (Å²) in [6.45, 7) is 0.578. The Morgan fingerprint density at radius 2 is 2.06 bits per heavy atom. The molecule has 0 bridgehead atoms. The van der Waals surface area contributed by atoms with Crippen LogP contribution < -0.4 is 5.73 Å². The van der Waals surface area contributed by atoms with Crippen LogP contribution in [0.15, 0.2) is 42.7 Å². The lowest BCUT2D eigenvalue weighted by atomic mass is 10.1. The summed E-state index contributed by atoms with van der Waals surface area (Å²) in [7, 11) is 2.01. The van der Waals surface area contributed by atoms with Gasteiger partial charge in [0.1, 0.15) is 5.82 Å². The molecular weight excluding hydrogens is 210 g/mol. The Balaban J connectivity index is 2.08. The minimum absolute atomic E-state index is 0.578. The first-order valence-electron chi connectivity index (χ1n) is 5.71. The highest BCUT2D eigenvalue weighted by Gasteiger charge is 2.00. The predicted octanol–water partition coefficient (Wildman–Crippen LogP) is 1.98. The van der Waals surface area contributed by atoms with E-state index >= 15 is 0 Å². The van der Waals surface area contributed by atoms with Crippen molar-refractivity contribution in [2.75, 3.05) is 6.54 Å². The van der Waals surface area contributed by atoms with Gasteiger partial charge in [0.05, 0.1) is 0 Å². The fourth-order valence-corrected chi connectivity index (χ4v) is 1.70. The summed E-state index contributed by atoms with van der Waals surface area (Å²) in [5.41, 5.74) is 7.86. The SMILES string of the molecule is Cn1ccnc1Cc1ccc(/C=C/CN)cc1. The lowest BCUT2D eigenvalue weighted by molar-refractivity contribution is 0.822. The van der Waals surface area contributed by atoms with Crippen LogP contribution >= 0.6 is 0 Å². The molecule has 88 valence electrons. The molecule has 0 aliphatic rings. The second kappa shape index (κ2) is 5.46. The number of benzene rings is 1. The number of hydrogen-bond acceptors (Lipinski definition) is 2. The van der Waals surface area contributed by atoms with Gasteiger partial charge in [0.25, 0.3) is 0 Å². The standard InChI is InChI=1S/C14H17N3/c1-17-10-9-16-14(17)11-13-6-4-12(5-7-13)3-2-8-15/h2-7,9-10H,8,11,15H2,1H3/b3-2+. The van der Waals surface area contributed by atoms with Crippen molar-refractivity contribution < 1.29 is 0 Å². The number of nitrogens with two attached hydrogens (primary N) is 1. The fourth-order valence-electron chi connectivity index (χ4n) is 1.70. The van der Waals surface area contributed by atoms with Gasteiger partial charge in [-0.1, -0.05) is 36.4 Å². The van der Waals surface area contributed by atoms with E-state index in [0.29, 0.717) is 6.54 Å². The van der Waals surface area contributed by atoms with Crippen LogP contribution in [0.2, 0.25) is 0 Å². The Kier molecular flexibility index (Phi) is 3.73. The van der Waals surface area contributed by atoms with E-state index in [1.165, 1.54) is 11.1 Å². The molecule has 0 saturated heterocycles. The van der Waals surface area contributed by atoms with Gasteiger partial charge in [-0.15, -0.1) is 0 Å². The Hall–Kier alpha value is -1.87. The molecule has 0 atom stereocenters. The Bertz CT molecular complexity index is 494. The molecule has 0 aliphatic carbocycles. The maximum Gasteiger partial charge on any atom is 0.112 e. The monoisotopic (exact) mass is 227 g/mol. The van der Waals surface area contributed by atoms with Crippen molar-refractivity contribution >= 4 is 6.08 Å². The van der Waals surface area contributed by atoms with E-state index in [-0.39, 0.29) is 0 Å². The third kappa shape index (κ3) is 3.04. The lowest BCUT2D eigenvalue weighted by Crippen LogP contribution is -1.98. The number of nitrogens with zero attached hydrogens (tertiary/aromatic N) is 2. The van der Waals surface area contributed by atoms with Gasteiger partial charge < -0.3 is 10.3 Å².